The van der Waals surface area contributed by atoms with Crippen LogP contribution in [0.15, 0.2) is 6.07 Å². The predicted molar refractivity (Wildman–Crippen MR) is 74.9 cm³/mol. The van der Waals surface area contributed by atoms with Gasteiger partial charge in [0.05, 0.1) is 5.41 Å². The molecule has 3 heteroatoms. The minimum Gasteiger partial charge on any atom is -0.330 e. The molecule has 0 unspecified atom stereocenters. The Labute approximate surface area is 109 Å². The van der Waals surface area contributed by atoms with Crippen LogP contribution < -0.4 is 11.1 Å². The third kappa shape index (κ3) is 1.83. The molecular weight excluding hydrogens is 224 g/mol. The molecule has 0 atom stereocenters. The number of carbonyl (C=O) groups excluding carboxylic acids is 1. The summed E-state index contributed by atoms with van der Waals surface area (Å²) in [5, 5.41) is 3.02. The molecule has 0 radical (unpaired) electrons. The lowest BCUT2D eigenvalue weighted by atomic mass is 9.82. The molecule has 98 valence electrons. The second kappa shape index (κ2) is 4.39. The van der Waals surface area contributed by atoms with Gasteiger partial charge in [-0.3, -0.25) is 4.79 Å². The van der Waals surface area contributed by atoms with Crippen molar-refractivity contribution in [2.24, 2.45) is 5.73 Å². The zero-order valence-electron chi connectivity index (χ0n) is 11.7. The van der Waals surface area contributed by atoms with E-state index < -0.39 is 5.41 Å². The van der Waals surface area contributed by atoms with Crippen molar-refractivity contribution in [3.8, 4) is 0 Å². The lowest BCUT2D eigenvalue weighted by molar-refractivity contribution is -0.119. The molecule has 2 rings (SSSR count). The summed E-state index contributed by atoms with van der Waals surface area (Å²) in [6.45, 7) is 8.88. The lowest BCUT2D eigenvalue weighted by Gasteiger charge is -2.18. The molecule has 0 fully saturated rings. The van der Waals surface area contributed by atoms with Gasteiger partial charge in [-0.1, -0.05) is 6.07 Å². The first-order valence-corrected chi connectivity index (χ1v) is 6.54. The van der Waals surface area contributed by atoms with Gasteiger partial charge in [0.1, 0.15) is 0 Å². The SMILES string of the molecule is Cc1c(CCCN)cc2c(c1C)NC(=O)C2(C)C. The Morgan fingerprint density at radius 2 is 1.94 bits per heavy atom. The van der Waals surface area contributed by atoms with E-state index in [0.717, 1.165) is 24.1 Å². The van der Waals surface area contributed by atoms with Crippen LogP contribution in [0.3, 0.4) is 0 Å². The van der Waals surface area contributed by atoms with Crippen LogP contribution in [0.4, 0.5) is 5.69 Å². The summed E-state index contributed by atoms with van der Waals surface area (Å²) in [6, 6.07) is 2.19. The van der Waals surface area contributed by atoms with Gasteiger partial charge in [-0.25, -0.2) is 0 Å². The molecule has 0 saturated heterocycles. The van der Waals surface area contributed by atoms with Crippen molar-refractivity contribution in [3.05, 3.63) is 28.3 Å². The van der Waals surface area contributed by atoms with E-state index in [1.807, 2.05) is 13.8 Å². The first-order valence-electron chi connectivity index (χ1n) is 6.54. The van der Waals surface area contributed by atoms with Crippen LogP contribution in [-0.4, -0.2) is 12.5 Å². The van der Waals surface area contributed by atoms with E-state index in [-0.39, 0.29) is 5.91 Å². The van der Waals surface area contributed by atoms with Crippen molar-refractivity contribution in [1.82, 2.24) is 0 Å². The average molecular weight is 246 g/mol. The van der Waals surface area contributed by atoms with E-state index in [1.165, 1.54) is 16.7 Å². The molecule has 1 amide bonds. The second-order valence-electron chi connectivity index (χ2n) is 5.68. The van der Waals surface area contributed by atoms with Crippen LogP contribution in [-0.2, 0) is 16.6 Å². The van der Waals surface area contributed by atoms with E-state index in [1.54, 1.807) is 0 Å². The molecule has 0 aromatic heterocycles. The largest absolute Gasteiger partial charge is 0.330 e. The first kappa shape index (κ1) is 13.1. The maximum absolute atomic E-state index is 12.0. The number of carbonyl (C=O) groups is 1. The fourth-order valence-electron chi connectivity index (χ4n) is 2.58. The molecule has 0 bridgehead atoms. The summed E-state index contributed by atoms with van der Waals surface area (Å²) in [5.41, 5.74) is 11.1. The van der Waals surface area contributed by atoms with Crippen molar-refractivity contribution < 1.29 is 4.79 Å². The van der Waals surface area contributed by atoms with Gasteiger partial charge in [-0.15, -0.1) is 0 Å². The minimum atomic E-state index is -0.425. The molecule has 3 N–H and O–H groups in total. The van der Waals surface area contributed by atoms with Gasteiger partial charge >= 0.3 is 0 Å². The van der Waals surface area contributed by atoms with Crippen molar-refractivity contribution in [2.45, 2.75) is 46.0 Å². The zero-order valence-corrected chi connectivity index (χ0v) is 11.7. The summed E-state index contributed by atoms with van der Waals surface area (Å²) in [5.74, 6) is 0.0935. The van der Waals surface area contributed by atoms with Crippen molar-refractivity contribution >= 4 is 11.6 Å². The van der Waals surface area contributed by atoms with E-state index in [9.17, 15) is 4.79 Å². The summed E-state index contributed by atoms with van der Waals surface area (Å²) < 4.78 is 0. The molecule has 1 heterocycles. The Balaban J connectivity index is 2.54. The maximum Gasteiger partial charge on any atom is 0.234 e. The van der Waals surface area contributed by atoms with Gasteiger partial charge in [0.15, 0.2) is 0 Å². The van der Waals surface area contributed by atoms with E-state index in [4.69, 9.17) is 5.73 Å². The van der Waals surface area contributed by atoms with Crippen LogP contribution in [0.5, 0.6) is 0 Å². The minimum absolute atomic E-state index is 0.0935. The number of nitrogens with one attached hydrogen (secondary N) is 1. The lowest BCUT2D eigenvalue weighted by Crippen LogP contribution is -2.26. The number of amides is 1. The smallest absolute Gasteiger partial charge is 0.234 e. The first-order chi connectivity index (χ1) is 8.39. The highest BCUT2D eigenvalue weighted by atomic mass is 16.2. The van der Waals surface area contributed by atoms with Crippen molar-refractivity contribution in [3.63, 3.8) is 0 Å². The highest BCUT2D eigenvalue weighted by Crippen LogP contribution is 2.41. The Bertz CT molecular complexity index is 504. The number of aryl methyl sites for hydroxylation is 1. The van der Waals surface area contributed by atoms with Gasteiger partial charge in [0.25, 0.3) is 0 Å². The summed E-state index contributed by atoms with van der Waals surface area (Å²) in [7, 11) is 0. The number of rotatable bonds is 3. The van der Waals surface area contributed by atoms with Crippen LogP contribution in [0.2, 0.25) is 0 Å². The third-order valence-corrected chi connectivity index (χ3v) is 4.14. The quantitative estimate of drug-likeness (QED) is 0.860. The Morgan fingerprint density at radius 1 is 1.28 bits per heavy atom. The molecule has 0 aliphatic carbocycles. The molecule has 1 aromatic rings. The topological polar surface area (TPSA) is 55.1 Å². The number of hydrogen-bond donors (Lipinski definition) is 2. The molecule has 0 spiro atoms. The highest BCUT2D eigenvalue weighted by molar-refractivity contribution is 6.06. The zero-order chi connectivity index (χ0) is 13.5. The number of nitrogens with two attached hydrogens (primary N) is 1. The molecule has 1 aliphatic rings. The summed E-state index contributed by atoms with van der Waals surface area (Å²) in [4.78, 5) is 12.0. The van der Waals surface area contributed by atoms with Crippen molar-refractivity contribution in [2.75, 3.05) is 11.9 Å². The molecule has 3 nitrogen and oxygen atoms in total. The molecular formula is C15H22N2O. The number of anilines is 1. The fraction of sp³-hybridized carbons (Fsp3) is 0.533. The van der Waals surface area contributed by atoms with Crippen LogP contribution in [0.1, 0.15) is 42.5 Å². The van der Waals surface area contributed by atoms with Crippen LogP contribution in [0, 0.1) is 13.8 Å². The number of fused-ring (bicyclic) bond motifs is 1. The van der Waals surface area contributed by atoms with Gasteiger partial charge in [-0.2, -0.15) is 0 Å². The fourth-order valence-corrected chi connectivity index (χ4v) is 2.58. The Morgan fingerprint density at radius 3 is 2.56 bits per heavy atom. The van der Waals surface area contributed by atoms with Gasteiger partial charge in [-0.05, 0) is 69.3 Å². The standard InChI is InChI=1S/C15H22N2O/c1-9-10(2)13-12(8-11(9)6-5-7-16)15(3,4)14(18)17-13/h8H,5-7,16H2,1-4H3,(H,17,18). The molecule has 1 aliphatic heterocycles. The van der Waals surface area contributed by atoms with Gasteiger partial charge in [0.2, 0.25) is 5.91 Å². The van der Waals surface area contributed by atoms with E-state index in [2.05, 4.69) is 25.2 Å². The molecule has 18 heavy (non-hydrogen) atoms. The van der Waals surface area contributed by atoms with E-state index in [0.29, 0.717) is 6.54 Å². The van der Waals surface area contributed by atoms with Crippen LogP contribution >= 0.6 is 0 Å². The second-order valence-corrected chi connectivity index (χ2v) is 5.68. The Hall–Kier alpha value is -1.35. The third-order valence-electron chi connectivity index (χ3n) is 4.14. The Kier molecular flexibility index (Phi) is 3.20. The summed E-state index contributed by atoms with van der Waals surface area (Å²) >= 11 is 0. The predicted octanol–water partition coefficient (Wildman–Crippen LogP) is 2.42. The maximum atomic E-state index is 12.0. The normalized spacial score (nSPS) is 16.6. The highest BCUT2D eigenvalue weighted by Gasteiger charge is 2.39. The summed E-state index contributed by atoms with van der Waals surface area (Å²) in [6.07, 6.45) is 1.97. The molecule has 0 saturated carbocycles. The van der Waals surface area contributed by atoms with Gasteiger partial charge in [0, 0.05) is 5.69 Å². The average Bonchev–Trinajstić information content (AvgIpc) is 2.54. The number of hydrogen-bond acceptors (Lipinski definition) is 2. The molecule has 1 aromatic carbocycles. The van der Waals surface area contributed by atoms with Crippen LogP contribution in [0.25, 0.3) is 0 Å². The van der Waals surface area contributed by atoms with Crippen molar-refractivity contribution in [1.29, 1.82) is 0 Å². The van der Waals surface area contributed by atoms with Gasteiger partial charge < -0.3 is 11.1 Å². The number of benzene rings is 1. The van der Waals surface area contributed by atoms with E-state index >= 15 is 0 Å². The monoisotopic (exact) mass is 246 g/mol.